The van der Waals surface area contributed by atoms with Gasteiger partial charge in [0.2, 0.25) is 0 Å². The quantitative estimate of drug-likeness (QED) is 0.774. The molecule has 1 unspecified atom stereocenters. The molecule has 0 spiro atoms. The molecule has 0 fully saturated rings. The van der Waals surface area contributed by atoms with Gasteiger partial charge in [-0.2, -0.15) is 0 Å². The number of rotatable bonds is 6. The molecule has 1 heterocycles. The minimum absolute atomic E-state index is 0.775. The lowest BCUT2D eigenvalue weighted by Crippen LogP contribution is -2.21. The molecule has 15 heavy (non-hydrogen) atoms. The Labute approximate surface area is 93.1 Å². The molecule has 0 aliphatic rings. The molecule has 2 heteroatoms. The van der Waals surface area contributed by atoms with Crippen LogP contribution in [0.5, 0.6) is 0 Å². The highest BCUT2D eigenvalue weighted by Gasteiger charge is 2.01. The van der Waals surface area contributed by atoms with Crippen molar-refractivity contribution in [2.24, 2.45) is 5.92 Å². The molecule has 1 N–H and O–H groups in total. The maximum Gasteiger partial charge on any atom is 0.0300 e. The van der Waals surface area contributed by atoms with E-state index in [9.17, 15) is 0 Å². The molecule has 0 aliphatic heterocycles. The van der Waals surface area contributed by atoms with Crippen LogP contribution in [-0.2, 0) is 6.54 Å². The molecular weight excluding hydrogens is 184 g/mol. The predicted octanol–water partition coefficient (Wildman–Crippen LogP) is 2.92. The Morgan fingerprint density at radius 2 is 2.27 bits per heavy atom. The molecule has 0 saturated carbocycles. The largest absolute Gasteiger partial charge is 0.312 e. The molecule has 2 nitrogen and oxygen atoms in total. The second-order valence-electron chi connectivity index (χ2n) is 4.33. The highest BCUT2D eigenvalue weighted by molar-refractivity contribution is 5.21. The zero-order valence-electron chi connectivity index (χ0n) is 10.1. The van der Waals surface area contributed by atoms with Gasteiger partial charge in [-0.05, 0) is 43.0 Å². The zero-order chi connectivity index (χ0) is 11.1. The molecule has 1 rings (SSSR count). The third-order valence-electron chi connectivity index (χ3n) is 2.73. The fourth-order valence-electron chi connectivity index (χ4n) is 1.75. The number of aromatic nitrogens is 1. The molecule has 0 radical (unpaired) electrons. The Balaban J connectivity index is 2.29. The van der Waals surface area contributed by atoms with Crippen molar-refractivity contribution >= 4 is 0 Å². The van der Waals surface area contributed by atoms with E-state index in [0.29, 0.717) is 0 Å². The SMILES string of the molecule is CCCC(C)CNCc1ccncc1C. The predicted molar refractivity (Wildman–Crippen MR) is 64.8 cm³/mol. The summed E-state index contributed by atoms with van der Waals surface area (Å²) in [6.07, 6.45) is 6.37. The first-order chi connectivity index (χ1) is 7.24. The summed E-state index contributed by atoms with van der Waals surface area (Å²) in [6, 6.07) is 2.09. The standard InChI is InChI=1S/C13H22N2/c1-4-5-11(2)8-15-10-13-6-7-14-9-12(13)3/h6-7,9,11,15H,4-5,8,10H2,1-3H3. The fraction of sp³-hybridized carbons (Fsp3) is 0.615. The maximum absolute atomic E-state index is 4.09. The fourth-order valence-corrected chi connectivity index (χ4v) is 1.75. The van der Waals surface area contributed by atoms with Gasteiger partial charge in [0, 0.05) is 18.9 Å². The molecule has 1 aromatic rings. The molecular formula is C13H22N2. The van der Waals surface area contributed by atoms with Crippen LogP contribution in [0, 0.1) is 12.8 Å². The summed E-state index contributed by atoms with van der Waals surface area (Å²) in [5.74, 6) is 0.775. The van der Waals surface area contributed by atoms with Crippen molar-refractivity contribution in [3.05, 3.63) is 29.6 Å². The third kappa shape index (κ3) is 4.43. The van der Waals surface area contributed by atoms with Gasteiger partial charge in [-0.15, -0.1) is 0 Å². The average Bonchev–Trinajstić information content (AvgIpc) is 2.21. The van der Waals surface area contributed by atoms with E-state index in [1.54, 1.807) is 0 Å². The molecule has 1 aromatic heterocycles. The first-order valence-electron chi connectivity index (χ1n) is 5.84. The van der Waals surface area contributed by atoms with E-state index in [1.165, 1.54) is 24.0 Å². The van der Waals surface area contributed by atoms with Gasteiger partial charge < -0.3 is 5.32 Å². The van der Waals surface area contributed by atoms with E-state index in [4.69, 9.17) is 0 Å². The van der Waals surface area contributed by atoms with Crippen molar-refractivity contribution in [2.75, 3.05) is 6.54 Å². The number of nitrogens with one attached hydrogen (secondary N) is 1. The molecule has 84 valence electrons. The van der Waals surface area contributed by atoms with Crippen molar-refractivity contribution in [3.8, 4) is 0 Å². The summed E-state index contributed by atoms with van der Waals surface area (Å²) >= 11 is 0. The van der Waals surface area contributed by atoms with E-state index in [2.05, 4.69) is 37.1 Å². The van der Waals surface area contributed by atoms with Crippen LogP contribution in [0.2, 0.25) is 0 Å². The summed E-state index contributed by atoms with van der Waals surface area (Å²) < 4.78 is 0. The third-order valence-corrected chi connectivity index (χ3v) is 2.73. The van der Waals surface area contributed by atoms with Gasteiger partial charge in [0.15, 0.2) is 0 Å². The second kappa shape index (κ2) is 6.57. The lowest BCUT2D eigenvalue weighted by molar-refractivity contribution is 0.475. The molecule has 0 aliphatic carbocycles. The van der Waals surface area contributed by atoms with Crippen LogP contribution < -0.4 is 5.32 Å². The first kappa shape index (κ1) is 12.2. The van der Waals surface area contributed by atoms with Crippen molar-refractivity contribution in [2.45, 2.75) is 40.2 Å². The monoisotopic (exact) mass is 206 g/mol. The van der Waals surface area contributed by atoms with Crippen LogP contribution in [-0.4, -0.2) is 11.5 Å². The van der Waals surface area contributed by atoms with E-state index >= 15 is 0 Å². The van der Waals surface area contributed by atoms with E-state index < -0.39 is 0 Å². The first-order valence-corrected chi connectivity index (χ1v) is 5.84. The number of hydrogen-bond acceptors (Lipinski definition) is 2. The van der Waals surface area contributed by atoms with Crippen LogP contribution in [0.15, 0.2) is 18.5 Å². The van der Waals surface area contributed by atoms with Crippen molar-refractivity contribution < 1.29 is 0 Å². The highest BCUT2D eigenvalue weighted by atomic mass is 14.9. The number of aryl methyl sites for hydroxylation is 1. The average molecular weight is 206 g/mol. The molecule has 0 aromatic carbocycles. The summed E-state index contributed by atoms with van der Waals surface area (Å²) in [5.41, 5.74) is 2.63. The van der Waals surface area contributed by atoms with Crippen molar-refractivity contribution in [1.29, 1.82) is 0 Å². The summed E-state index contributed by atoms with van der Waals surface area (Å²) in [4.78, 5) is 4.09. The summed E-state index contributed by atoms with van der Waals surface area (Å²) in [6.45, 7) is 8.72. The van der Waals surface area contributed by atoms with E-state index in [1.807, 2.05) is 12.4 Å². The van der Waals surface area contributed by atoms with Gasteiger partial charge in [-0.1, -0.05) is 20.3 Å². The Kier molecular flexibility index (Phi) is 5.33. The van der Waals surface area contributed by atoms with Crippen LogP contribution >= 0.6 is 0 Å². The smallest absolute Gasteiger partial charge is 0.0300 e. The Morgan fingerprint density at radius 1 is 1.47 bits per heavy atom. The highest BCUT2D eigenvalue weighted by Crippen LogP contribution is 2.06. The minimum Gasteiger partial charge on any atom is -0.312 e. The Hall–Kier alpha value is -0.890. The van der Waals surface area contributed by atoms with Gasteiger partial charge in [-0.25, -0.2) is 0 Å². The normalized spacial score (nSPS) is 12.7. The molecule has 0 amide bonds. The topological polar surface area (TPSA) is 24.9 Å². The Morgan fingerprint density at radius 3 is 2.93 bits per heavy atom. The van der Waals surface area contributed by atoms with E-state index in [0.717, 1.165) is 19.0 Å². The lowest BCUT2D eigenvalue weighted by Gasteiger charge is -2.12. The summed E-state index contributed by atoms with van der Waals surface area (Å²) in [7, 11) is 0. The second-order valence-corrected chi connectivity index (χ2v) is 4.33. The number of pyridine rings is 1. The molecule has 1 atom stereocenters. The van der Waals surface area contributed by atoms with E-state index in [-0.39, 0.29) is 0 Å². The lowest BCUT2D eigenvalue weighted by atomic mass is 10.1. The molecule has 0 bridgehead atoms. The minimum atomic E-state index is 0.775. The van der Waals surface area contributed by atoms with Gasteiger partial charge in [0.05, 0.1) is 0 Å². The van der Waals surface area contributed by atoms with Crippen LogP contribution in [0.4, 0.5) is 0 Å². The zero-order valence-corrected chi connectivity index (χ0v) is 10.1. The van der Waals surface area contributed by atoms with Gasteiger partial charge in [0.1, 0.15) is 0 Å². The van der Waals surface area contributed by atoms with Gasteiger partial charge in [-0.3, -0.25) is 4.98 Å². The van der Waals surface area contributed by atoms with Gasteiger partial charge >= 0.3 is 0 Å². The number of hydrogen-bond donors (Lipinski definition) is 1. The number of nitrogens with zero attached hydrogens (tertiary/aromatic N) is 1. The molecule has 0 saturated heterocycles. The van der Waals surface area contributed by atoms with Crippen molar-refractivity contribution in [1.82, 2.24) is 10.3 Å². The van der Waals surface area contributed by atoms with Crippen LogP contribution in [0.1, 0.15) is 37.8 Å². The maximum atomic E-state index is 4.09. The Bertz CT molecular complexity index is 284. The van der Waals surface area contributed by atoms with Crippen LogP contribution in [0.3, 0.4) is 0 Å². The van der Waals surface area contributed by atoms with Crippen LogP contribution in [0.25, 0.3) is 0 Å². The van der Waals surface area contributed by atoms with Crippen molar-refractivity contribution in [3.63, 3.8) is 0 Å². The van der Waals surface area contributed by atoms with Gasteiger partial charge in [0.25, 0.3) is 0 Å². The summed E-state index contributed by atoms with van der Waals surface area (Å²) in [5, 5.41) is 3.50.